The molecule has 1 atom stereocenters. The van der Waals surface area contributed by atoms with Gasteiger partial charge in [-0.25, -0.2) is 8.78 Å². The smallest absolute Gasteiger partial charge is 0.256 e. The number of nitrogens with two attached hydrogens (primary N) is 1. The third-order valence-corrected chi connectivity index (χ3v) is 3.22. The van der Waals surface area contributed by atoms with Gasteiger partial charge in [-0.05, 0) is 37.5 Å². The largest absolute Gasteiger partial charge is 0.337 e. The fraction of sp³-hybridized carbons (Fsp3) is 0.462. The molecular weight excluding hydrogens is 274 g/mol. The van der Waals surface area contributed by atoms with E-state index in [0.29, 0.717) is 13.1 Å². The number of aryl methyl sites for hydroxylation is 1. The third kappa shape index (κ3) is 3.42. The maximum absolute atomic E-state index is 13.7. The van der Waals surface area contributed by atoms with Crippen LogP contribution in [0.4, 0.5) is 8.78 Å². The number of likely N-dealkylation sites (tertiary alicyclic amines) is 1. The van der Waals surface area contributed by atoms with Crippen molar-refractivity contribution in [1.82, 2.24) is 4.90 Å². The number of hydrogen-bond donors (Lipinski definition) is 1. The molecule has 2 rings (SSSR count). The Hall–Kier alpha value is -1.20. The molecule has 1 heterocycles. The summed E-state index contributed by atoms with van der Waals surface area (Å²) in [7, 11) is 0. The van der Waals surface area contributed by atoms with Crippen molar-refractivity contribution in [1.29, 1.82) is 0 Å². The summed E-state index contributed by atoms with van der Waals surface area (Å²) < 4.78 is 27.1. The molecule has 0 radical (unpaired) electrons. The van der Waals surface area contributed by atoms with E-state index in [4.69, 9.17) is 5.73 Å². The number of nitrogens with zero attached hydrogens (tertiary/aromatic N) is 1. The van der Waals surface area contributed by atoms with Crippen molar-refractivity contribution in [3.8, 4) is 0 Å². The summed E-state index contributed by atoms with van der Waals surface area (Å²) in [5, 5.41) is 0. The lowest BCUT2D eigenvalue weighted by Crippen LogP contribution is -2.45. The Morgan fingerprint density at radius 1 is 1.37 bits per heavy atom. The zero-order valence-electron chi connectivity index (χ0n) is 10.7. The highest BCUT2D eigenvalue weighted by molar-refractivity contribution is 5.94. The van der Waals surface area contributed by atoms with E-state index in [2.05, 4.69) is 0 Å². The second-order valence-electron chi connectivity index (χ2n) is 4.73. The molecule has 0 saturated carbocycles. The number of hydrogen-bond acceptors (Lipinski definition) is 2. The number of amides is 1. The lowest BCUT2D eigenvalue weighted by molar-refractivity contribution is 0.0703. The minimum Gasteiger partial charge on any atom is -0.337 e. The number of halogens is 3. The van der Waals surface area contributed by atoms with E-state index in [1.165, 1.54) is 11.8 Å². The average Bonchev–Trinajstić information content (AvgIpc) is 2.33. The summed E-state index contributed by atoms with van der Waals surface area (Å²) in [4.78, 5) is 13.6. The first-order valence-electron chi connectivity index (χ1n) is 5.99. The highest BCUT2D eigenvalue weighted by Gasteiger charge is 2.25. The predicted molar refractivity (Wildman–Crippen MR) is 71.5 cm³/mol. The van der Waals surface area contributed by atoms with E-state index in [1.54, 1.807) is 0 Å². The monoisotopic (exact) mass is 290 g/mol. The Labute approximate surface area is 117 Å². The quantitative estimate of drug-likeness (QED) is 0.862. The van der Waals surface area contributed by atoms with Crippen LogP contribution in [0.25, 0.3) is 0 Å². The van der Waals surface area contributed by atoms with Crippen LogP contribution in [0.5, 0.6) is 0 Å². The first kappa shape index (κ1) is 15.9. The first-order chi connectivity index (χ1) is 8.49. The molecule has 3 nitrogen and oxygen atoms in total. The summed E-state index contributed by atoms with van der Waals surface area (Å²) >= 11 is 0. The average molecular weight is 291 g/mol. The summed E-state index contributed by atoms with van der Waals surface area (Å²) in [5.74, 6) is -1.74. The van der Waals surface area contributed by atoms with Crippen LogP contribution in [0.15, 0.2) is 12.1 Å². The molecule has 0 spiro atoms. The Kier molecular flexibility index (Phi) is 5.26. The van der Waals surface area contributed by atoms with Crippen molar-refractivity contribution in [3.05, 3.63) is 34.9 Å². The van der Waals surface area contributed by atoms with Gasteiger partial charge in [-0.1, -0.05) is 0 Å². The molecule has 0 bridgehead atoms. The van der Waals surface area contributed by atoms with Crippen molar-refractivity contribution < 1.29 is 13.6 Å². The predicted octanol–water partition coefficient (Wildman–Crippen LogP) is 2.26. The molecule has 0 aromatic heterocycles. The molecule has 1 aromatic carbocycles. The van der Waals surface area contributed by atoms with Gasteiger partial charge in [0.15, 0.2) is 0 Å². The molecule has 1 saturated heterocycles. The topological polar surface area (TPSA) is 46.3 Å². The van der Waals surface area contributed by atoms with Gasteiger partial charge >= 0.3 is 0 Å². The lowest BCUT2D eigenvalue weighted by atomic mass is 10.0. The van der Waals surface area contributed by atoms with E-state index in [0.717, 1.165) is 25.0 Å². The highest BCUT2D eigenvalue weighted by atomic mass is 35.5. The van der Waals surface area contributed by atoms with Gasteiger partial charge < -0.3 is 10.6 Å². The molecule has 2 N–H and O–H groups in total. The molecule has 19 heavy (non-hydrogen) atoms. The molecule has 1 unspecified atom stereocenters. The minimum atomic E-state index is -0.682. The second-order valence-corrected chi connectivity index (χ2v) is 4.73. The number of benzene rings is 1. The highest BCUT2D eigenvalue weighted by Crippen LogP contribution is 2.18. The normalized spacial score (nSPS) is 18.9. The van der Waals surface area contributed by atoms with Crippen molar-refractivity contribution in [2.45, 2.75) is 25.8 Å². The van der Waals surface area contributed by atoms with Gasteiger partial charge in [0.1, 0.15) is 11.6 Å². The molecule has 106 valence electrons. The van der Waals surface area contributed by atoms with Gasteiger partial charge in [0, 0.05) is 19.1 Å². The zero-order chi connectivity index (χ0) is 13.3. The molecule has 1 aliphatic rings. The fourth-order valence-electron chi connectivity index (χ4n) is 2.17. The van der Waals surface area contributed by atoms with Gasteiger partial charge in [-0.2, -0.15) is 0 Å². The van der Waals surface area contributed by atoms with Crippen LogP contribution >= 0.6 is 12.4 Å². The van der Waals surface area contributed by atoms with Crippen LogP contribution in [0.1, 0.15) is 28.8 Å². The van der Waals surface area contributed by atoms with E-state index >= 15 is 0 Å². The molecule has 1 aliphatic heterocycles. The van der Waals surface area contributed by atoms with Crippen LogP contribution < -0.4 is 5.73 Å². The molecule has 1 aromatic rings. The first-order valence-corrected chi connectivity index (χ1v) is 5.99. The van der Waals surface area contributed by atoms with Crippen LogP contribution in [-0.2, 0) is 0 Å². The molecule has 1 fully saturated rings. The second kappa shape index (κ2) is 6.30. The van der Waals surface area contributed by atoms with E-state index in [1.807, 2.05) is 0 Å². The Bertz CT molecular complexity index is 482. The Morgan fingerprint density at radius 2 is 2.05 bits per heavy atom. The van der Waals surface area contributed by atoms with Gasteiger partial charge in [0.05, 0.1) is 5.56 Å². The van der Waals surface area contributed by atoms with Crippen molar-refractivity contribution >= 4 is 18.3 Å². The van der Waals surface area contributed by atoms with Crippen molar-refractivity contribution in [2.75, 3.05) is 13.1 Å². The maximum atomic E-state index is 13.7. The summed E-state index contributed by atoms with van der Waals surface area (Å²) in [6.07, 6.45) is 1.65. The van der Waals surface area contributed by atoms with Gasteiger partial charge in [0.2, 0.25) is 0 Å². The summed E-state index contributed by atoms with van der Waals surface area (Å²) in [5.41, 5.74) is 5.75. The van der Waals surface area contributed by atoms with Crippen LogP contribution in [0.2, 0.25) is 0 Å². The van der Waals surface area contributed by atoms with Gasteiger partial charge in [-0.15, -0.1) is 12.4 Å². The SMILES string of the molecule is Cc1cc(F)c(C(=O)N2CCCC(N)C2)cc1F.Cl. The molecular formula is C13H17ClF2N2O. The summed E-state index contributed by atoms with van der Waals surface area (Å²) in [6.45, 7) is 2.40. The van der Waals surface area contributed by atoms with Crippen LogP contribution in [-0.4, -0.2) is 29.9 Å². The molecule has 6 heteroatoms. The number of rotatable bonds is 1. The summed E-state index contributed by atoms with van der Waals surface area (Å²) in [6, 6.07) is 1.93. The maximum Gasteiger partial charge on any atom is 0.256 e. The Morgan fingerprint density at radius 3 is 2.68 bits per heavy atom. The molecule has 0 aliphatic carbocycles. The fourth-order valence-corrected chi connectivity index (χ4v) is 2.17. The minimum absolute atomic E-state index is 0. The third-order valence-electron chi connectivity index (χ3n) is 3.22. The zero-order valence-corrected chi connectivity index (χ0v) is 11.5. The lowest BCUT2D eigenvalue weighted by Gasteiger charge is -2.30. The molecule has 1 amide bonds. The van der Waals surface area contributed by atoms with Crippen LogP contribution in [0, 0.1) is 18.6 Å². The van der Waals surface area contributed by atoms with Crippen molar-refractivity contribution in [2.24, 2.45) is 5.73 Å². The number of carbonyl (C=O) groups excluding carboxylic acids is 1. The van der Waals surface area contributed by atoms with Crippen LogP contribution in [0.3, 0.4) is 0 Å². The van der Waals surface area contributed by atoms with E-state index in [-0.39, 0.29) is 29.6 Å². The van der Waals surface area contributed by atoms with Gasteiger partial charge in [-0.3, -0.25) is 4.79 Å². The van der Waals surface area contributed by atoms with E-state index in [9.17, 15) is 13.6 Å². The van der Waals surface area contributed by atoms with Crippen molar-refractivity contribution in [3.63, 3.8) is 0 Å². The Balaban J connectivity index is 0.00000180. The van der Waals surface area contributed by atoms with Gasteiger partial charge in [0.25, 0.3) is 5.91 Å². The standard InChI is InChI=1S/C13H16F2N2O.ClH/c1-8-5-12(15)10(6-11(8)14)13(18)17-4-2-3-9(16)7-17;/h5-6,9H,2-4,7,16H2,1H3;1H. The number of carbonyl (C=O) groups is 1. The number of piperidine rings is 1. The van der Waals surface area contributed by atoms with E-state index < -0.39 is 17.5 Å².